The summed E-state index contributed by atoms with van der Waals surface area (Å²) in [7, 11) is 0. The Morgan fingerprint density at radius 3 is 2.69 bits per heavy atom. The number of pyridine rings is 1. The lowest BCUT2D eigenvalue weighted by Gasteiger charge is -2.02. The number of aryl methyl sites for hydroxylation is 1. The van der Waals surface area contributed by atoms with Crippen LogP contribution in [0.5, 0.6) is 0 Å². The molecular formula is C10H13N3O3. The van der Waals surface area contributed by atoms with Crippen LogP contribution in [-0.2, 0) is 6.42 Å². The maximum Gasteiger partial charge on any atom is 0.364 e. The van der Waals surface area contributed by atoms with E-state index in [1.807, 2.05) is 6.92 Å². The third kappa shape index (κ3) is 2.75. The van der Waals surface area contributed by atoms with E-state index >= 15 is 0 Å². The highest BCUT2D eigenvalue weighted by Gasteiger charge is 2.15. The van der Waals surface area contributed by atoms with Gasteiger partial charge in [0.15, 0.2) is 5.69 Å². The Balaban J connectivity index is 3.13. The van der Waals surface area contributed by atoms with E-state index in [9.17, 15) is 14.9 Å². The number of aromatic nitrogens is 1. The molecule has 0 radical (unpaired) electrons. The van der Waals surface area contributed by atoms with Gasteiger partial charge in [-0.1, -0.05) is 6.92 Å². The van der Waals surface area contributed by atoms with Gasteiger partial charge in [-0.25, -0.2) is 0 Å². The predicted molar refractivity (Wildman–Crippen MR) is 58.3 cm³/mol. The number of nitrogens with one attached hydrogen (secondary N) is 1. The molecular weight excluding hydrogens is 210 g/mol. The number of hydrogen-bond donors (Lipinski definition) is 1. The van der Waals surface area contributed by atoms with E-state index in [1.54, 1.807) is 13.0 Å². The van der Waals surface area contributed by atoms with Crippen LogP contribution in [0.2, 0.25) is 0 Å². The van der Waals surface area contributed by atoms with Crippen molar-refractivity contribution >= 4 is 11.7 Å². The second kappa shape index (κ2) is 5.20. The van der Waals surface area contributed by atoms with Crippen LogP contribution in [0, 0.1) is 10.1 Å². The Kier molecular flexibility index (Phi) is 3.93. The van der Waals surface area contributed by atoms with E-state index < -0.39 is 4.92 Å². The van der Waals surface area contributed by atoms with Crippen LogP contribution >= 0.6 is 0 Å². The van der Waals surface area contributed by atoms with Crippen molar-refractivity contribution in [1.29, 1.82) is 0 Å². The van der Waals surface area contributed by atoms with Gasteiger partial charge in [-0.15, -0.1) is 0 Å². The first-order chi connectivity index (χ1) is 7.58. The van der Waals surface area contributed by atoms with E-state index in [0.29, 0.717) is 18.7 Å². The van der Waals surface area contributed by atoms with Gasteiger partial charge in [0.1, 0.15) is 0 Å². The monoisotopic (exact) mass is 223 g/mol. The Bertz CT molecular complexity index is 418. The lowest BCUT2D eigenvalue weighted by Crippen LogP contribution is -2.23. The molecule has 1 aromatic heterocycles. The van der Waals surface area contributed by atoms with Crippen molar-refractivity contribution in [2.45, 2.75) is 20.3 Å². The molecule has 6 nitrogen and oxygen atoms in total. The highest BCUT2D eigenvalue weighted by molar-refractivity contribution is 5.94. The first-order valence-corrected chi connectivity index (χ1v) is 5.02. The minimum absolute atomic E-state index is 0.278. The fourth-order valence-corrected chi connectivity index (χ4v) is 1.24. The fourth-order valence-electron chi connectivity index (χ4n) is 1.24. The molecule has 1 heterocycles. The summed E-state index contributed by atoms with van der Waals surface area (Å²) in [6.45, 7) is 4.10. The van der Waals surface area contributed by atoms with Crippen LogP contribution in [-0.4, -0.2) is 22.4 Å². The summed E-state index contributed by atoms with van der Waals surface area (Å²) in [6, 6.07) is 2.75. The molecule has 1 aromatic rings. The van der Waals surface area contributed by atoms with Gasteiger partial charge >= 0.3 is 5.82 Å². The van der Waals surface area contributed by atoms with Gasteiger partial charge in [0.25, 0.3) is 5.91 Å². The number of hydrogen-bond acceptors (Lipinski definition) is 4. The lowest BCUT2D eigenvalue weighted by molar-refractivity contribution is -0.389. The quantitative estimate of drug-likeness (QED) is 0.615. The first-order valence-electron chi connectivity index (χ1n) is 5.02. The number of carbonyl (C=O) groups is 1. The molecule has 1 N–H and O–H groups in total. The minimum Gasteiger partial charge on any atom is -0.358 e. The van der Waals surface area contributed by atoms with Crippen molar-refractivity contribution in [3.63, 3.8) is 0 Å². The van der Waals surface area contributed by atoms with E-state index in [1.165, 1.54) is 6.07 Å². The van der Waals surface area contributed by atoms with E-state index in [2.05, 4.69) is 10.3 Å². The molecule has 0 aromatic carbocycles. The SMILES string of the molecule is CCNC(=O)c1cc(CC)nc([N+](=O)[O-])c1. The van der Waals surface area contributed by atoms with Crippen LogP contribution in [0.15, 0.2) is 12.1 Å². The molecule has 0 spiro atoms. The molecule has 0 aliphatic carbocycles. The van der Waals surface area contributed by atoms with Crippen LogP contribution in [0.1, 0.15) is 29.9 Å². The Labute approximate surface area is 92.8 Å². The highest BCUT2D eigenvalue weighted by Crippen LogP contribution is 2.13. The van der Waals surface area contributed by atoms with Gasteiger partial charge in [-0.3, -0.25) is 4.79 Å². The maximum atomic E-state index is 11.5. The van der Waals surface area contributed by atoms with Crippen molar-refractivity contribution < 1.29 is 9.72 Å². The topological polar surface area (TPSA) is 85.1 Å². The summed E-state index contributed by atoms with van der Waals surface area (Å²) in [5.74, 6) is -0.608. The van der Waals surface area contributed by atoms with Crippen LogP contribution in [0.4, 0.5) is 5.82 Å². The average Bonchev–Trinajstić information content (AvgIpc) is 2.28. The number of nitrogens with zero attached hydrogens (tertiary/aromatic N) is 2. The van der Waals surface area contributed by atoms with Crippen molar-refractivity contribution in [2.24, 2.45) is 0 Å². The largest absolute Gasteiger partial charge is 0.364 e. The molecule has 1 rings (SSSR count). The third-order valence-corrected chi connectivity index (χ3v) is 2.01. The normalized spacial score (nSPS) is 9.88. The van der Waals surface area contributed by atoms with Crippen LogP contribution < -0.4 is 5.32 Å². The minimum atomic E-state index is -0.595. The van der Waals surface area contributed by atoms with E-state index in [4.69, 9.17) is 0 Å². The van der Waals surface area contributed by atoms with Crippen molar-refractivity contribution in [3.8, 4) is 0 Å². The summed E-state index contributed by atoms with van der Waals surface area (Å²) in [4.78, 5) is 25.4. The molecule has 0 unspecified atom stereocenters. The molecule has 0 saturated carbocycles. The maximum absolute atomic E-state index is 11.5. The van der Waals surface area contributed by atoms with Gasteiger partial charge in [-0.05, 0) is 22.9 Å². The van der Waals surface area contributed by atoms with Gasteiger partial charge in [0.05, 0.1) is 5.56 Å². The molecule has 6 heteroatoms. The number of amides is 1. The molecule has 1 amide bonds. The summed E-state index contributed by atoms with van der Waals surface area (Å²) >= 11 is 0. The van der Waals surface area contributed by atoms with Gasteiger partial charge in [0, 0.05) is 19.0 Å². The first kappa shape index (κ1) is 12.1. The van der Waals surface area contributed by atoms with Crippen molar-refractivity contribution in [2.75, 3.05) is 6.54 Å². The van der Waals surface area contributed by atoms with Gasteiger partial charge in [0.2, 0.25) is 0 Å². The predicted octanol–water partition coefficient (Wildman–Crippen LogP) is 1.30. The number of rotatable bonds is 4. The third-order valence-electron chi connectivity index (χ3n) is 2.01. The zero-order valence-corrected chi connectivity index (χ0v) is 9.19. The summed E-state index contributed by atoms with van der Waals surface area (Å²) in [5, 5.41) is 13.2. The summed E-state index contributed by atoms with van der Waals surface area (Å²) in [6.07, 6.45) is 0.550. The molecule has 86 valence electrons. The van der Waals surface area contributed by atoms with E-state index in [-0.39, 0.29) is 17.3 Å². The zero-order chi connectivity index (χ0) is 12.1. The summed E-state index contributed by atoms with van der Waals surface area (Å²) < 4.78 is 0. The van der Waals surface area contributed by atoms with Crippen LogP contribution in [0.3, 0.4) is 0 Å². The molecule has 0 aliphatic heterocycles. The molecule has 0 aliphatic rings. The van der Waals surface area contributed by atoms with Crippen molar-refractivity contribution in [3.05, 3.63) is 33.5 Å². The second-order valence-electron chi connectivity index (χ2n) is 3.18. The van der Waals surface area contributed by atoms with Crippen molar-refractivity contribution in [1.82, 2.24) is 10.3 Å². The average molecular weight is 223 g/mol. The van der Waals surface area contributed by atoms with Crippen LogP contribution in [0.25, 0.3) is 0 Å². The molecule has 0 saturated heterocycles. The molecule has 16 heavy (non-hydrogen) atoms. The molecule has 0 fully saturated rings. The number of nitro groups is 1. The molecule has 0 bridgehead atoms. The standard InChI is InChI=1S/C10H13N3O3/c1-3-8-5-7(10(14)11-4-2)6-9(12-8)13(15)16/h5-6H,3-4H2,1-2H3,(H,11,14). The Hall–Kier alpha value is -1.98. The Morgan fingerprint density at radius 2 is 2.19 bits per heavy atom. The second-order valence-corrected chi connectivity index (χ2v) is 3.18. The fraction of sp³-hybridized carbons (Fsp3) is 0.400. The van der Waals surface area contributed by atoms with E-state index in [0.717, 1.165) is 0 Å². The number of carbonyl (C=O) groups excluding carboxylic acids is 1. The van der Waals surface area contributed by atoms with Gasteiger partial charge < -0.3 is 15.4 Å². The lowest BCUT2D eigenvalue weighted by atomic mass is 10.2. The highest BCUT2D eigenvalue weighted by atomic mass is 16.6. The molecule has 0 atom stereocenters. The smallest absolute Gasteiger partial charge is 0.358 e. The summed E-state index contributed by atoms with van der Waals surface area (Å²) in [5.41, 5.74) is 0.816. The van der Waals surface area contributed by atoms with Gasteiger partial charge in [-0.2, -0.15) is 0 Å². The zero-order valence-electron chi connectivity index (χ0n) is 9.19. The Morgan fingerprint density at radius 1 is 1.50 bits per heavy atom.